The van der Waals surface area contributed by atoms with Gasteiger partial charge in [-0.25, -0.2) is 0 Å². The van der Waals surface area contributed by atoms with Crippen LogP contribution in [0.4, 0.5) is 0 Å². The summed E-state index contributed by atoms with van der Waals surface area (Å²) < 4.78 is 13.0. The average Bonchev–Trinajstić information content (AvgIpc) is 2.90. The molecule has 0 saturated carbocycles. The van der Waals surface area contributed by atoms with Gasteiger partial charge in [-0.05, 0) is 14.1 Å². The highest BCUT2D eigenvalue weighted by Crippen LogP contribution is 2.32. The van der Waals surface area contributed by atoms with Crippen LogP contribution in [0.25, 0.3) is 0 Å². The van der Waals surface area contributed by atoms with Gasteiger partial charge in [0.15, 0.2) is 0 Å². The zero-order valence-corrected chi connectivity index (χ0v) is 21.3. The summed E-state index contributed by atoms with van der Waals surface area (Å²) in [6, 6.07) is 19.1. The van der Waals surface area contributed by atoms with E-state index in [4.69, 9.17) is 9.47 Å². The lowest BCUT2D eigenvalue weighted by Crippen LogP contribution is -2.49. The lowest BCUT2D eigenvalue weighted by atomic mass is 9.95. The fraction of sp³-hybridized carbons (Fsp3) is 0.536. The monoisotopic (exact) mass is 480 g/mol. The highest BCUT2D eigenvalue weighted by molar-refractivity contribution is 6.02. The van der Waals surface area contributed by atoms with Crippen LogP contribution >= 0.6 is 0 Å². The molecule has 2 aliphatic heterocycles. The number of ether oxygens (including phenoxy) is 2. The molecule has 0 spiro atoms. The number of benzene rings is 2. The second-order valence-corrected chi connectivity index (χ2v) is 9.66. The van der Waals surface area contributed by atoms with E-state index in [1.54, 1.807) is 0 Å². The third-order valence-corrected chi connectivity index (χ3v) is 7.11. The molecule has 4 rings (SSSR count). The molecule has 7 nitrogen and oxygen atoms in total. The predicted octanol–water partition coefficient (Wildman–Crippen LogP) is 2.25. The van der Waals surface area contributed by atoms with Gasteiger partial charge in [0.05, 0.1) is 13.2 Å². The molecule has 0 atom stereocenters. The lowest BCUT2D eigenvalue weighted by Gasteiger charge is -2.37. The van der Waals surface area contributed by atoms with Gasteiger partial charge in [-0.3, -0.25) is 14.6 Å². The van der Waals surface area contributed by atoms with E-state index < -0.39 is 5.79 Å². The van der Waals surface area contributed by atoms with Gasteiger partial charge < -0.3 is 19.3 Å². The van der Waals surface area contributed by atoms with E-state index in [0.29, 0.717) is 18.8 Å². The molecule has 2 heterocycles. The molecule has 2 aliphatic rings. The van der Waals surface area contributed by atoms with Gasteiger partial charge in [0.25, 0.3) is 5.79 Å². The Kier molecular flexibility index (Phi) is 9.43. The Labute approximate surface area is 210 Å². The largest absolute Gasteiger partial charge is 0.338 e. The Hall–Kier alpha value is -2.13. The van der Waals surface area contributed by atoms with Crippen molar-refractivity contribution in [3.63, 3.8) is 0 Å². The first-order valence-corrected chi connectivity index (χ1v) is 12.8. The van der Waals surface area contributed by atoms with Crippen molar-refractivity contribution < 1.29 is 14.3 Å². The Morgan fingerprint density at radius 3 is 1.57 bits per heavy atom. The number of Topliss-reactive ketones (excluding diaryl/α,β-unsaturated/α-hetero) is 1. The molecule has 0 aliphatic carbocycles. The Morgan fingerprint density at radius 1 is 0.686 bits per heavy atom. The smallest absolute Gasteiger partial charge is 0.261 e. The SMILES string of the molecule is CN1CCN(CCOC(OCCN2CCN(C)CC2)(C(=O)c2ccccc2)c2ccccc2)CC1. The van der Waals surface area contributed by atoms with Crippen molar-refractivity contribution in [2.75, 3.05) is 92.8 Å². The van der Waals surface area contributed by atoms with Crippen molar-refractivity contribution in [1.29, 1.82) is 0 Å². The second-order valence-electron chi connectivity index (χ2n) is 9.66. The molecule has 0 unspecified atom stereocenters. The summed E-state index contributed by atoms with van der Waals surface area (Å²) in [7, 11) is 4.31. The van der Waals surface area contributed by atoms with E-state index in [-0.39, 0.29) is 5.78 Å². The van der Waals surface area contributed by atoms with Gasteiger partial charge in [-0.1, -0.05) is 60.7 Å². The third-order valence-electron chi connectivity index (χ3n) is 7.11. The predicted molar refractivity (Wildman–Crippen MR) is 139 cm³/mol. The van der Waals surface area contributed by atoms with Crippen molar-refractivity contribution in [1.82, 2.24) is 19.6 Å². The summed E-state index contributed by atoms with van der Waals surface area (Å²) in [5.74, 6) is -1.62. The van der Waals surface area contributed by atoms with E-state index in [9.17, 15) is 4.79 Å². The summed E-state index contributed by atoms with van der Waals surface area (Å²) in [6.07, 6.45) is 0. The van der Waals surface area contributed by atoms with E-state index in [2.05, 4.69) is 33.7 Å². The van der Waals surface area contributed by atoms with Gasteiger partial charge in [0.1, 0.15) is 0 Å². The zero-order chi connectivity index (χ0) is 24.5. The molecule has 7 heteroatoms. The molecule has 2 aromatic rings. The summed E-state index contributed by atoms with van der Waals surface area (Å²) >= 11 is 0. The fourth-order valence-corrected chi connectivity index (χ4v) is 4.69. The number of hydrogen-bond donors (Lipinski definition) is 0. The topological polar surface area (TPSA) is 48.5 Å². The molecule has 0 amide bonds. The molecule has 0 bridgehead atoms. The van der Waals surface area contributed by atoms with Crippen LogP contribution in [0.15, 0.2) is 60.7 Å². The summed E-state index contributed by atoms with van der Waals surface area (Å²) in [5.41, 5.74) is 1.33. The molecule has 2 saturated heterocycles. The van der Waals surface area contributed by atoms with Crippen molar-refractivity contribution in [3.8, 4) is 0 Å². The molecule has 35 heavy (non-hydrogen) atoms. The number of carbonyl (C=O) groups is 1. The van der Waals surface area contributed by atoms with Gasteiger partial charge in [-0.2, -0.15) is 0 Å². The van der Waals surface area contributed by atoms with E-state index in [1.165, 1.54) is 0 Å². The molecule has 0 radical (unpaired) electrons. The third kappa shape index (κ3) is 6.97. The minimum Gasteiger partial charge on any atom is -0.338 e. The molecule has 2 aromatic carbocycles. The Morgan fingerprint density at radius 2 is 1.11 bits per heavy atom. The lowest BCUT2D eigenvalue weighted by molar-refractivity contribution is -0.213. The maximum Gasteiger partial charge on any atom is 0.261 e. The van der Waals surface area contributed by atoms with Crippen LogP contribution in [0.1, 0.15) is 15.9 Å². The fourth-order valence-electron chi connectivity index (χ4n) is 4.69. The number of carbonyl (C=O) groups excluding carboxylic acids is 1. The molecule has 0 N–H and O–H groups in total. The molecular weight excluding hydrogens is 440 g/mol. The number of likely N-dealkylation sites (N-methyl/N-ethyl adjacent to an activating group) is 2. The molecule has 2 fully saturated rings. The first-order valence-electron chi connectivity index (χ1n) is 12.8. The van der Waals surface area contributed by atoms with Crippen LogP contribution in [0.5, 0.6) is 0 Å². The molecular formula is C28H40N4O3. The Bertz CT molecular complexity index is 867. The van der Waals surface area contributed by atoms with E-state index in [1.807, 2.05) is 60.7 Å². The minimum atomic E-state index is -1.47. The van der Waals surface area contributed by atoms with Crippen LogP contribution in [-0.2, 0) is 15.3 Å². The summed E-state index contributed by atoms with van der Waals surface area (Å²) in [4.78, 5) is 23.5. The van der Waals surface area contributed by atoms with Crippen LogP contribution in [0.2, 0.25) is 0 Å². The van der Waals surface area contributed by atoms with Crippen LogP contribution < -0.4 is 0 Å². The summed E-state index contributed by atoms with van der Waals surface area (Å²) in [6.45, 7) is 10.6. The Balaban J connectivity index is 1.52. The van der Waals surface area contributed by atoms with E-state index in [0.717, 1.165) is 71.0 Å². The van der Waals surface area contributed by atoms with Crippen LogP contribution in [-0.4, -0.2) is 118 Å². The first-order chi connectivity index (χ1) is 17.1. The van der Waals surface area contributed by atoms with Crippen molar-refractivity contribution in [3.05, 3.63) is 71.8 Å². The normalized spacial score (nSPS) is 19.1. The van der Waals surface area contributed by atoms with E-state index >= 15 is 0 Å². The maximum absolute atomic E-state index is 14.0. The van der Waals surface area contributed by atoms with Crippen molar-refractivity contribution >= 4 is 5.78 Å². The number of nitrogens with zero attached hydrogens (tertiary/aromatic N) is 4. The number of ketones is 1. The van der Waals surface area contributed by atoms with Crippen LogP contribution in [0.3, 0.4) is 0 Å². The quantitative estimate of drug-likeness (QED) is 0.361. The average molecular weight is 481 g/mol. The van der Waals surface area contributed by atoms with Gasteiger partial charge in [-0.15, -0.1) is 0 Å². The number of hydrogen-bond acceptors (Lipinski definition) is 7. The summed E-state index contributed by atoms with van der Waals surface area (Å²) in [5, 5.41) is 0. The highest BCUT2D eigenvalue weighted by atomic mass is 16.7. The maximum atomic E-state index is 14.0. The van der Waals surface area contributed by atoms with Crippen molar-refractivity contribution in [2.45, 2.75) is 5.79 Å². The number of rotatable bonds is 11. The second kappa shape index (κ2) is 12.7. The minimum absolute atomic E-state index is 0.152. The van der Waals surface area contributed by atoms with Crippen molar-refractivity contribution in [2.24, 2.45) is 0 Å². The molecule has 0 aromatic heterocycles. The van der Waals surface area contributed by atoms with Gasteiger partial charge in [0.2, 0.25) is 5.78 Å². The molecule has 190 valence electrons. The van der Waals surface area contributed by atoms with Gasteiger partial charge in [0, 0.05) is 76.6 Å². The van der Waals surface area contributed by atoms with Crippen LogP contribution in [0, 0.1) is 0 Å². The number of piperazine rings is 2. The zero-order valence-electron chi connectivity index (χ0n) is 21.3. The standard InChI is InChI=1S/C28H40N4O3/c1-29-13-17-31(18-14-29)21-23-34-28(26-11-7-4-8-12-26,27(33)25-9-5-3-6-10-25)35-24-22-32-19-15-30(2)16-20-32/h3-12H,13-24H2,1-2H3. The highest BCUT2D eigenvalue weighted by Gasteiger charge is 2.43. The first kappa shape index (κ1) is 25.9. The van der Waals surface area contributed by atoms with Gasteiger partial charge >= 0.3 is 0 Å².